The van der Waals surface area contributed by atoms with Crippen LogP contribution in [0.15, 0.2) is 30.9 Å². The number of hydrogen-bond acceptors (Lipinski definition) is 4. The van der Waals surface area contributed by atoms with E-state index in [0.29, 0.717) is 37.3 Å². The van der Waals surface area contributed by atoms with Gasteiger partial charge in [0, 0.05) is 38.3 Å². The van der Waals surface area contributed by atoms with Gasteiger partial charge >= 0.3 is 6.03 Å². The first-order chi connectivity index (χ1) is 12.4. The molecule has 1 saturated heterocycles. The molecule has 0 spiro atoms. The first-order valence-corrected chi connectivity index (χ1v) is 8.37. The van der Waals surface area contributed by atoms with Crippen molar-refractivity contribution >= 4 is 17.8 Å². The zero-order chi connectivity index (χ0) is 19.1. The summed E-state index contributed by atoms with van der Waals surface area (Å²) in [7, 11) is 0. The minimum absolute atomic E-state index is 0.0721. The number of halogens is 1. The van der Waals surface area contributed by atoms with E-state index in [4.69, 9.17) is 0 Å². The molecule has 0 aromatic heterocycles. The zero-order valence-electron chi connectivity index (χ0n) is 14.8. The van der Waals surface area contributed by atoms with Crippen molar-refractivity contribution in [2.75, 3.05) is 39.3 Å². The van der Waals surface area contributed by atoms with Gasteiger partial charge in [0.25, 0.3) is 5.91 Å². The Kier molecular flexibility index (Phi) is 6.85. The lowest BCUT2D eigenvalue weighted by Crippen LogP contribution is -2.52. The lowest BCUT2D eigenvalue weighted by molar-refractivity contribution is -0.121. The number of nitrogens with zero attached hydrogens (tertiary/aromatic N) is 2. The molecule has 26 heavy (non-hydrogen) atoms. The number of piperazine rings is 1. The monoisotopic (exact) mass is 362 g/mol. The number of urea groups is 1. The van der Waals surface area contributed by atoms with Crippen molar-refractivity contribution in [2.24, 2.45) is 0 Å². The normalized spacial score (nSPS) is 14.6. The fourth-order valence-corrected chi connectivity index (χ4v) is 2.60. The molecule has 1 aromatic rings. The fraction of sp³-hybridized carbons (Fsp3) is 0.389. The van der Waals surface area contributed by atoms with Crippen molar-refractivity contribution in [2.45, 2.75) is 6.92 Å². The summed E-state index contributed by atoms with van der Waals surface area (Å²) in [6, 6.07) is 3.88. The summed E-state index contributed by atoms with van der Waals surface area (Å²) in [4.78, 5) is 39.2. The molecule has 0 radical (unpaired) electrons. The second kappa shape index (κ2) is 9.10. The van der Waals surface area contributed by atoms with E-state index in [1.807, 2.05) is 4.90 Å². The highest BCUT2D eigenvalue weighted by molar-refractivity contribution is 5.95. The van der Waals surface area contributed by atoms with Gasteiger partial charge in [0.05, 0.1) is 6.54 Å². The molecule has 0 aliphatic carbocycles. The Morgan fingerprint density at radius 1 is 1.23 bits per heavy atom. The van der Waals surface area contributed by atoms with E-state index in [1.54, 1.807) is 24.0 Å². The number of benzene rings is 1. The van der Waals surface area contributed by atoms with E-state index in [-0.39, 0.29) is 19.0 Å². The first-order valence-electron chi connectivity index (χ1n) is 8.37. The molecule has 1 aromatic carbocycles. The number of amides is 4. The molecular formula is C18H23FN4O3. The van der Waals surface area contributed by atoms with Gasteiger partial charge < -0.3 is 10.2 Å². The molecular weight excluding hydrogens is 339 g/mol. The van der Waals surface area contributed by atoms with Crippen LogP contribution in [-0.4, -0.2) is 66.9 Å². The SMILES string of the molecule is C=CCNC(=O)NC(=O)CN1CCN(C(=O)c2ccc(C)c(F)c2)CC1. The van der Waals surface area contributed by atoms with Gasteiger partial charge in [0.2, 0.25) is 5.91 Å². The summed E-state index contributed by atoms with van der Waals surface area (Å²) in [5.74, 6) is -1.04. The third-order valence-electron chi connectivity index (χ3n) is 4.11. The van der Waals surface area contributed by atoms with Crippen LogP contribution in [0, 0.1) is 12.7 Å². The van der Waals surface area contributed by atoms with Crippen LogP contribution in [0.5, 0.6) is 0 Å². The molecule has 8 heteroatoms. The third-order valence-corrected chi connectivity index (χ3v) is 4.11. The second-order valence-corrected chi connectivity index (χ2v) is 6.08. The summed E-state index contributed by atoms with van der Waals surface area (Å²) < 4.78 is 13.6. The van der Waals surface area contributed by atoms with Gasteiger partial charge in [-0.2, -0.15) is 0 Å². The van der Waals surface area contributed by atoms with Crippen molar-refractivity contribution in [1.82, 2.24) is 20.4 Å². The molecule has 1 fully saturated rings. The Balaban J connectivity index is 1.80. The van der Waals surface area contributed by atoms with Gasteiger partial charge in [0.1, 0.15) is 5.82 Å². The smallest absolute Gasteiger partial charge is 0.321 e. The number of nitrogens with one attached hydrogen (secondary N) is 2. The molecule has 140 valence electrons. The Morgan fingerprint density at radius 3 is 2.54 bits per heavy atom. The van der Waals surface area contributed by atoms with E-state index in [0.717, 1.165) is 0 Å². The molecule has 2 N–H and O–H groups in total. The lowest BCUT2D eigenvalue weighted by atomic mass is 10.1. The van der Waals surface area contributed by atoms with Crippen LogP contribution in [0.25, 0.3) is 0 Å². The van der Waals surface area contributed by atoms with E-state index in [2.05, 4.69) is 17.2 Å². The average molecular weight is 362 g/mol. The maximum absolute atomic E-state index is 13.6. The summed E-state index contributed by atoms with van der Waals surface area (Å²) in [6.45, 7) is 7.34. The zero-order valence-corrected chi connectivity index (χ0v) is 14.8. The van der Waals surface area contributed by atoms with Crippen molar-refractivity contribution in [3.05, 3.63) is 47.8 Å². The molecule has 0 saturated carbocycles. The number of aryl methyl sites for hydroxylation is 1. The molecule has 1 heterocycles. The maximum Gasteiger partial charge on any atom is 0.321 e. The van der Waals surface area contributed by atoms with Crippen molar-refractivity contribution in [1.29, 1.82) is 0 Å². The highest BCUT2D eigenvalue weighted by Gasteiger charge is 2.24. The third kappa shape index (κ3) is 5.38. The van der Waals surface area contributed by atoms with Gasteiger partial charge in [-0.25, -0.2) is 9.18 Å². The molecule has 0 bridgehead atoms. The van der Waals surface area contributed by atoms with Gasteiger partial charge in [-0.05, 0) is 24.6 Å². The summed E-state index contributed by atoms with van der Waals surface area (Å²) in [5, 5.41) is 4.69. The lowest BCUT2D eigenvalue weighted by Gasteiger charge is -2.34. The van der Waals surface area contributed by atoms with Crippen LogP contribution in [-0.2, 0) is 4.79 Å². The van der Waals surface area contributed by atoms with Gasteiger partial charge in [-0.15, -0.1) is 6.58 Å². The Morgan fingerprint density at radius 2 is 1.92 bits per heavy atom. The number of rotatable bonds is 5. The molecule has 7 nitrogen and oxygen atoms in total. The number of carbonyl (C=O) groups is 3. The van der Waals surface area contributed by atoms with Crippen LogP contribution in [0.2, 0.25) is 0 Å². The molecule has 4 amide bonds. The van der Waals surface area contributed by atoms with Crippen molar-refractivity contribution in [3.63, 3.8) is 0 Å². The largest absolute Gasteiger partial charge is 0.336 e. The fourth-order valence-electron chi connectivity index (χ4n) is 2.60. The summed E-state index contributed by atoms with van der Waals surface area (Å²) in [6.07, 6.45) is 1.51. The minimum atomic E-state index is -0.565. The van der Waals surface area contributed by atoms with E-state index in [9.17, 15) is 18.8 Å². The van der Waals surface area contributed by atoms with Crippen molar-refractivity contribution in [3.8, 4) is 0 Å². The topological polar surface area (TPSA) is 81.8 Å². The predicted molar refractivity (Wildman–Crippen MR) is 95.2 cm³/mol. The molecule has 1 aliphatic rings. The van der Waals surface area contributed by atoms with E-state index in [1.165, 1.54) is 12.1 Å². The van der Waals surface area contributed by atoms with Crippen LogP contribution in [0.1, 0.15) is 15.9 Å². The standard InChI is InChI=1S/C18H23FN4O3/c1-3-6-20-18(26)21-16(24)12-22-7-9-23(10-8-22)17(25)14-5-4-13(2)15(19)11-14/h3-5,11H,1,6-10,12H2,2H3,(H2,20,21,24,26). The van der Waals surface area contributed by atoms with Crippen LogP contribution in [0.4, 0.5) is 9.18 Å². The number of hydrogen-bond donors (Lipinski definition) is 2. The van der Waals surface area contributed by atoms with Crippen LogP contribution >= 0.6 is 0 Å². The van der Waals surface area contributed by atoms with E-state index < -0.39 is 17.8 Å². The number of imide groups is 1. The van der Waals surface area contributed by atoms with Gasteiger partial charge in [0.15, 0.2) is 0 Å². The Labute approximate surface area is 151 Å². The average Bonchev–Trinajstić information content (AvgIpc) is 2.62. The summed E-state index contributed by atoms with van der Waals surface area (Å²) in [5.41, 5.74) is 0.813. The predicted octanol–water partition coefficient (Wildman–Crippen LogP) is 0.904. The Hall–Kier alpha value is -2.74. The second-order valence-electron chi connectivity index (χ2n) is 6.08. The molecule has 1 aliphatic heterocycles. The van der Waals surface area contributed by atoms with Crippen molar-refractivity contribution < 1.29 is 18.8 Å². The van der Waals surface area contributed by atoms with Gasteiger partial charge in [-0.3, -0.25) is 19.8 Å². The quantitative estimate of drug-likeness (QED) is 0.763. The number of carbonyl (C=O) groups excluding carboxylic acids is 3. The molecule has 0 unspecified atom stereocenters. The van der Waals surface area contributed by atoms with Crippen LogP contribution in [0.3, 0.4) is 0 Å². The molecule has 0 atom stereocenters. The first kappa shape index (κ1) is 19.6. The highest BCUT2D eigenvalue weighted by Crippen LogP contribution is 2.13. The van der Waals surface area contributed by atoms with Crippen LogP contribution < -0.4 is 10.6 Å². The highest BCUT2D eigenvalue weighted by atomic mass is 19.1. The minimum Gasteiger partial charge on any atom is -0.336 e. The molecule has 2 rings (SSSR count). The van der Waals surface area contributed by atoms with Gasteiger partial charge in [-0.1, -0.05) is 12.1 Å². The van der Waals surface area contributed by atoms with E-state index >= 15 is 0 Å². The Bertz CT molecular complexity index is 700. The summed E-state index contributed by atoms with van der Waals surface area (Å²) >= 11 is 0. The maximum atomic E-state index is 13.6.